The Morgan fingerprint density at radius 1 is 1.07 bits per heavy atom. The highest BCUT2D eigenvalue weighted by atomic mass is 15.1. The van der Waals surface area contributed by atoms with Crippen LogP contribution in [-0.4, -0.2) is 37.8 Å². The zero-order chi connectivity index (χ0) is 10.5. The van der Waals surface area contributed by atoms with Gasteiger partial charge >= 0.3 is 0 Å². The van der Waals surface area contributed by atoms with E-state index in [0.29, 0.717) is 0 Å². The molecule has 0 aromatic rings. The fourth-order valence-electron chi connectivity index (χ4n) is 3.20. The molecule has 1 saturated carbocycles. The number of hydrogen-bond donors (Lipinski definition) is 0. The summed E-state index contributed by atoms with van der Waals surface area (Å²) in [6.45, 7) is 8.65. The molecule has 2 fully saturated rings. The summed E-state index contributed by atoms with van der Waals surface area (Å²) in [4.78, 5) is 6.71. The molecule has 0 radical (unpaired) electrons. The lowest BCUT2D eigenvalue weighted by atomic mass is 10.0. The topological polar surface area (TPSA) is 15.6 Å². The predicted molar refractivity (Wildman–Crippen MR) is 65.5 cm³/mol. The van der Waals surface area contributed by atoms with Gasteiger partial charge in [-0.15, -0.1) is 0 Å². The van der Waals surface area contributed by atoms with E-state index < -0.39 is 0 Å². The van der Waals surface area contributed by atoms with Gasteiger partial charge in [-0.3, -0.25) is 0 Å². The zero-order valence-electron chi connectivity index (χ0n) is 9.83. The van der Waals surface area contributed by atoms with Crippen molar-refractivity contribution in [3.63, 3.8) is 0 Å². The maximum atomic E-state index is 4.04. The van der Waals surface area contributed by atoms with Crippen molar-refractivity contribution in [1.82, 2.24) is 4.90 Å². The van der Waals surface area contributed by atoms with Gasteiger partial charge in [-0.05, 0) is 63.7 Å². The fraction of sp³-hybridized carbons (Fsp3) is 0.923. The van der Waals surface area contributed by atoms with Crippen LogP contribution in [0.2, 0.25) is 0 Å². The average molecular weight is 208 g/mol. The van der Waals surface area contributed by atoms with Crippen LogP contribution in [-0.2, 0) is 0 Å². The first-order chi connectivity index (χ1) is 7.38. The van der Waals surface area contributed by atoms with Crippen LogP contribution < -0.4 is 0 Å². The van der Waals surface area contributed by atoms with Crippen molar-refractivity contribution in [2.75, 3.05) is 26.2 Å². The molecule has 1 aliphatic heterocycles. The lowest BCUT2D eigenvalue weighted by Gasteiger charge is -2.29. The summed E-state index contributed by atoms with van der Waals surface area (Å²) in [6.07, 6.45) is 8.50. The summed E-state index contributed by atoms with van der Waals surface area (Å²) < 4.78 is 0. The Hall–Kier alpha value is -0.370. The molecule has 15 heavy (non-hydrogen) atoms. The smallest absolute Gasteiger partial charge is 0.0410 e. The van der Waals surface area contributed by atoms with Crippen molar-refractivity contribution in [2.24, 2.45) is 16.8 Å². The zero-order valence-corrected chi connectivity index (χ0v) is 9.83. The normalized spacial score (nSPS) is 33.1. The Morgan fingerprint density at radius 3 is 2.53 bits per heavy atom. The first kappa shape index (κ1) is 11.1. The number of hydrogen-bond acceptors (Lipinski definition) is 2. The van der Waals surface area contributed by atoms with Crippen LogP contribution in [0.25, 0.3) is 0 Å². The molecular formula is C13H24N2. The Morgan fingerprint density at radius 2 is 1.80 bits per heavy atom. The van der Waals surface area contributed by atoms with Crippen LogP contribution in [0.15, 0.2) is 4.99 Å². The van der Waals surface area contributed by atoms with E-state index in [0.717, 1.165) is 18.4 Å². The summed E-state index contributed by atoms with van der Waals surface area (Å²) in [7, 11) is 0. The van der Waals surface area contributed by atoms with Crippen LogP contribution in [0.1, 0.15) is 38.5 Å². The molecule has 0 amide bonds. The molecule has 0 bridgehead atoms. The van der Waals surface area contributed by atoms with Crippen LogP contribution in [0.3, 0.4) is 0 Å². The van der Waals surface area contributed by atoms with E-state index in [-0.39, 0.29) is 0 Å². The van der Waals surface area contributed by atoms with Crippen molar-refractivity contribution in [1.29, 1.82) is 0 Å². The second kappa shape index (κ2) is 5.64. The molecule has 1 saturated heterocycles. The number of rotatable bonds is 4. The van der Waals surface area contributed by atoms with Crippen LogP contribution in [0.5, 0.6) is 0 Å². The van der Waals surface area contributed by atoms with Crippen LogP contribution >= 0.6 is 0 Å². The summed E-state index contributed by atoms with van der Waals surface area (Å²) in [6, 6.07) is 0. The molecular weight excluding hydrogens is 184 g/mol. The highest BCUT2D eigenvalue weighted by molar-refractivity contribution is 5.23. The predicted octanol–water partition coefficient (Wildman–Crippen LogP) is 2.59. The fourth-order valence-corrected chi connectivity index (χ4v) is 3.20. The van der Waals surface area contributed by atoms with Crippen molar-refractivity contribution < 1.29 is 0 Å². The Balaban J connectivity index is 1.69. The summed E-state index contributed by atoms with van der Waals surface area (Å²) in [5.41, 5.74) is 0. The minimum atomic E-state index is 0.845. The van der Waals surface area contributed by atoms with E-state index in [4.69, 9.17) is 0 Å². The Bertz CT molecular complexity index is 197. The average Bonchev–Trinajstić information content (AvgIpc) is 2.68. The summed E-state index contributed by atoms with van der Waals surface area (Å²) in [5.74, 6) is 1.80. The SMILES string of the molecule is C=NCC1CCC(CN2CCCCC2)C1. The molecule has 0 aromatic heterocycles. The quantitative estimate of drug-likeness (QED) is 0.648. The Kier molecular flexibility index (Phi) is 4.18. The molecule has 2 rings (SSSR count). The van der Waals surface area contributed by atoms with E-state index in [1.165, 1.54) is 58.2 Å². The molecule has 0 spiro atoms. The van der Waals surface area contributed by atoms with Gasteiger partial charge in [0.15, 0.2) is 0 Å². The molecule has 2 unspecified atom stereocenters. The highest BCUT2D eigenvalue weighted by Gasteiger charge is 2.26. The van der Waals surface area contributed by atoms with E-state index >= 15 is 0 Å². The number of likely N-dealkylation sites (tertiary alicyclic amines) is 1. The van der Waals surface area contributed by atoms with Gasteiger partial charge in [0, 0.05) is 13.1 Å². The van der Waals surface area contributed by atoms with Gasteiger partial charge in [-0.25, -0.2) is 0 Å². The first-order valence-corrected chi connectivity index (χ1v) is 6.53. The van der Waals surface area contributed by atoms with Crippen LogP contribution in [0, 0.1) is 11.8 Å². The third kappa shape index (κ3) is 3.30. The minimum absolute atomic E-state index is 0.845. The second-order valence-corrected chi connectivity index (χ2v) is 5.31. The molecule has 2 aliphatic rings. The Labute approximate surface area is 93.8 Å². The van der Waals surface area contributed by atoms with Gasteiger partial charge in [0.25, 0.3) is 0 Å². The summed E-state index contributed by atoms with van der Waals surface area (Å²) in [5, 5.41) is 0. The monoisotopic (exact) mass is 208 g/mol. The largest absolute Gasteiger partial charge is 0.303 e. The van der Waals surface area contributed by atoms with Gasteiger partial charge in [-0.2, -0.15) is 0 Å². The molecule has 86 valence electrons. The molecule has 2 nitrogen and oxygen atoms in total. The standard InChI is InChI=1S/C13H24N2/c1-14-10-12-5-6-13(9-12)11-15-7-3-2-4-8-15/h12-13H,1-11H2. The third-order valence-electron chi connectivity index (χ3n) is 4.00. The maximum absolute atomic E-state index is 4.04. The maximum Gasteiger partial charge on any atom is 0.0410 e. The van der Waals surface area contributed by atoms with Crippen molar-refractivity contribution in [3.05, 3.63) is 0 Å². The first-order valence-electron chi connectivity index (χ1n) is 6.53. The van der Waals surface area contributed by atoms with E-state index in [9.17, 15) is 0 Å². The number of aliphatic imine (C=N–C) groups is 1. The second-order valence-electron chi connectivity index (χ2n) is 5.31. The van der Waals surface area contributed by atoms with E-state index in [1.807, 2.05) is 0 Å². The van der Waals surface area contributed by atoms with Crippen LogP contribution in [0.4, 0.5) is 0 Å². The van der Waals surface area contributed by atoms with Gasteiger partial charge in [-0.1, -0.05) is 6.42 Å². The molecule has 2 atom stereocenters. The number of piperidine rings is 1. The van der Waals surface area contributed by atoms with Crippen molar-refractivity contribution in [2.45, 2.75) is 38.5 Å². The van der Waals surface area contributed by atoms with Gasteiger partial charge < -0.3 is 9.89 Å². The molecule has 1 heterocycles. The van der Waals surface area contributed by atoms with E-state index in [1.54, 1.807) is 0 Å². The van der Waals surface area contributed by atoms with E-state index in [2.05, 4.69) is 16.6 Å². The lowest BCUT2D eigenvalue weighted by molar-refractivity contribution is 0.195. The number of nitrogens with zero attached hydrogens (tertiary/aromatic N) is 2. The van der Waals surface area contributed by atoms with Gasteiger partial charge in [0.05, 0.1) is 0 Å². The van der Waals surface area contributed by atoms with Crippen molar-refractivity contribution in [3.8, 4) is 0 Å². The van der Waals surface area contributed by atoms with Gasteiger partial charge in [0.2, 0.25) is 0 Å². The third-order valence-corrected chi connectivity index (χ3v) is 4.00. The molecule has 0 N–H and O–H groups in total. The highest BCUT2D eigenvalue weighted by Crippen LogP contribution is 2.32. The minimum Gasteiger partial charge on any atom is -0.303 e. The van der Waals surface area contributed by atoms with Crippen molar-refractivity contribution >= 4 is 6.72 Å². The molecule has 0 aromatic carbocycles. The van der Waals surface area contributed by atoms with Gasteiger partial charge in [0.1, 0.15) is 0 Å². The molecule has 1 aliphatic carbocycles. The lowest BCUT2D eigenvalue weighted by Crippen LogP contribution is -2.33. The summed E-state index contributed by atoms with van der Waals surface area (Å²) >= 11 is 0. The molecule has 2 heteroatoms.